The van der Waals surface area contributed by atoms with Crippen molar-refractivity contribution in [3.05, 3.63) is 59.9 Å². The lowest BCUT2D eigenvalue weighted by molar-refractivity contribution is 0.812. The van der Waals surface area contributed by atoms with Crippen LogP contribution in [-0.4, -0.2) is 15.5 Å². The molecule has 0 amide bonds. The van der Waals surface area contributed by atoms with Crippen LogP contribution in [0.15, 0.2) is 53.5 Å². The summed E-state index contributed by atoms with van der Waals surface area (Å²) in [5.41, 5.74) is 10.1. The highest BCUT2D eigenvalue weighted by molar-refractivity contribution is 5.92. The van der Waals surface area contributed by atoms with Gasteiger partial charge in [0.1, 0.15) is 12.4 Å². The molecule has 3 N–H and O–H groups in total. The van der Waals surface area contributed by atoms with Crippen LogP contribution in [0.25, 0.3) is 11.0 Å². The molecule has 3 aromatic rings. The maximum absolute atomic E-state index is 5.94. The number of nitrogens with zero attached hydrogens (tertiary/aromatic N) is 3. The molecule has 5 nitrogen and oxygen atoms in total. The third kappa shape index (κ3) is 2.93. The zero-order chi connectivity index (χ0) is 15.5. The summed E-state index contributed by atoms with van der Waals surface area (Å²) in [6.07, 6.45) is 0. The number of aromatic nitrogens is 2. The van der Waals surface area contributed by atoms with E-state index in [0.717, 1.165) is 22.5 Å². The Kier molecular flexibility index (Phi) is 3.78. The first kappa shape index (κ1) is 14.1. The summed E-state index contributed by atoms with van der Waals surface area (Å²) < 4.78 is 2.04. The fourth-order valence-corrected chi connectivity index (χ4v) is 2.32. The molecule has 0 unspecified atom stereocenters. The number of hydrogen-bond donors (Lipinski definition) is 2. The molecule has 3 rings (SSSR count). The lowest BCUT2D eigenvalue weighted by Crippen LogP contribution is -2.22. The molecule has 0 bridgehead atoms. The van der Waals surface area contributed by atoms with Crippen LogP contribution in [0, 0.1) is 6.92 Å². The summed E-state index contributed by atoms with van der Waals surface area (Å²) in [6.45, 7) is 2.49. The summed E-state index contributed by atoms with van der Waals surface area (Å²) in [5.74, 6) is 1.27. The van der Waals surface area contributed by atoms with Gasteiger partial charge in [0.15, 0.2) is 5.96 Å². The van der Waals surface area contributed by atoms with Gasteiger partial charge in [0.05, 0.1) is 11.0 Å². The molecular weight excluding hydrogens is 274 g/mol. The third-order valence-corrected chi connectivity index (χ3v) is 3.59. The number of aliphatic imine (C=N–C) groups is 1. The van der Waals surface area contributed by atoms with E-state index in [9.17, 15) is 0 Å². The highest BCUT2D eigenvalue weighted by atomic mass is 15.1. The molecule has 0 radical (unpaired) electrons. The monoisotopic (exact) mass is 293 g/mol. The molecule has 22 heavy (non-hydrogen) atoms. The summed E-state index contributed by atoms with van der Waals surface area (Å²) in [7, 11) is 1.99. The molecule has 2 aromatic carbocycles. The van der Waals surface area contributed by atoms with Gasteiger partial charge in [-0.1, -0.05) is 29.8 Å². The van der Waals surface area contributed by atoms with Crippen molar-refractivity contribution in [2.24, 2.45) is 17.8 Å². The first-order valence-electron chi connectivity index (χ1n) is 7.17. The fourth-order valence-electron chi connectivity index (χ4n) is 2.32. The van der Waals surface area contributed by atoms with E-state index in [0.29, 0.717) is 12.5 Å². The molecule has 0 aliphatic heterocycles. The van der Waals surface area contributed by atoms with Crippen LogP contribution < -0.4 is 11.1 Å². The average molecular weight is 293 g/mol. The van der Waals surface area contributed by atoms with E-state index in [-0.39, 0.29) is 0 Å². The average Bonchev–Trinajstić information content (AvgIpc) is 2.84. The fraction of sp³-hybridized carbons (Fsp3) is 0.176. The zero-order valence-corrected chi connectivity index (χ0v) is 12.7. The highest BCUT2D eigenvalue weighted by Gasteiger charge is 2.06. The van der Waals surface area contributed by atoms with E-state index in [2.05, 4.69) is 15.3 Å². The third-order valence-electron chi connectivity index (χ3n) is 3.59. The highest BCUT2D eigenvalue weighted by Crippen LogP contribution is 2.14. The Labute approximate surface area is 129 Å². The Morgan fingerprint density at radius 3 is 2.64 bits per heavy atom. The summed E-state index contributed by atoms with van der Waals surface area (Å²) in [6, 6.07) is 16.0. The van der Waals surface area contributed by atoms with Gasteiger partial charge in [-0.05, 0) is 31.2 Å². The topological polar surface area (TPSA) is 68.2 Å². The Bertz CT molecular complexity index is 815. The van der Waals surface area contributed by atoms with E-state index in [4.69, 9.17) is 5.73 Å². The molecule has 0 fully saturated rings. The molecule has 0 saturated heterocycles. The number of benzene rings is 2. The lowest BCUT2D eigenvalue weighted by Gasteiger charge is -2.06. The summed E-state index contributed by atoms with van der Waals surface area (Å²) in [5, 5.41) is 3.08. The number of fused-ring (bicyclic) bond motifs is 1. The predicted octanol–water partition coefficient (Wildman–Crippen LogP) is 2.81. The van der Waals surface area contributed by atoms with Crippen molar-refractivity contribution >= 4 is 22.7 Å². The van der Waals surface area contributed by atoms with E-state index in [1.165, 1.54) is 5.56 Å². The zero-order valence-electron chi connectivity index (χ0n) is 12.7. The smallest absolute Gasteiger partial charge is 0.193 e. The molecule has 0 atom stereocenters. The Hall–Kier alpha value is -2.82. The summed E-state index contributed by atoms with van der Waals surface area (Å²) >= 11 is 0. The summed E-state index contributed by atoms with van der Waals surface area (Å²) in [4.78, 5) is 8.94. The van der Waals surface area contributed by atoms with Crippen molar-refractivity contribution < 1.29 is 0 Å². The second-order valence-electron chi connectivity index (χ2n) is 5.27. The van der Waals surface area contributed by atoms with Gasteiger partial charge in [-0.15, -0.1) is 0 Å². The molecular formula is C17H19N5. The van der Waals surface area contributed by atoms with Gasteiger partial charge < -0.3 is 15.6 Å². The molecule has 1 heterocycles. The quantitative estimate of drug-likeness (QED) is 0.576. The van der Waals surface area contributed by atoms with Crippen molar-refractivity contribution in [2.45, 2.75) is 13.5 Å². The van der Waals surface area contributed by atoms with Crippen LogP contribution in [-0.2, 0) is 13.6 Å². The standard InChI is InChI=1S/C17H19N5/c1-12-7-9-13(10-8-12)20-17(18)19-11-16-21-14-5-3-4-6-15(14)22(16)2/h3-10H,11H2,1-2H3,(H3,18,19,20). The van der Waals surface area contributed by atoms with Gasteiger partial charge >= 0.3 is 0 Å². The lowest BCUT2D eigenvalue weighted by atomic mass is 10.2. The first-order valence-corrected chi connectivity index (χ1v) is 7.17. The maximum Gasteiger partial charge on any atom is 0.193 e. The maximum atomic E-state index is 5.94. The van der Waals surface area contributed by atoms with Crippen LogP contribution in [0.5, 0.6) is 0 Å². The van der Waals surface area contributed by atoms with Crippen LogP contribution in [0.2, 0.25) is 0 Å². The molecule has 0 spiro atoms. The number of hydrogen-bond acceptors (Lipinski definition) is 2. The van der Waals surface area contributed by atoms with Crippen molar-refractivity contribution in [3.8, 4) is 0 Å². The molecule has 5 heteroatoms. The van der Waals surface area contributed by atoms with Gasteiger partial charge in [-0.3, -0.25) is 0 Å². The van der Waals surface area contributed by atoms with Crippen molar-refractivity contribution in [1.82, 2.24) is 9.55 Å². The number of aryl methyl sites for hydroxylation is 2. The van der Waals surface area contributed by atoms with E-state index < -0.39 is 0 Å². The SMILES string of the molecule is Cc1ccc(NC(N)=NCc2nc3ccccc3n2C)cc1. The minimum absolute atomic E-state index is 0.385. The molecule has 0 aliphatic rings. The van der Waals surface area contributed by atoms with E-state index in [1.807, 2.05) is 67.1 Å². The predicted molar refractivity (Wildman–Crippen MR) is 90.8 cm³/mol. The minimum atomic E-state index is 0.385. The van der Waals surface area contributed by atoms with Crippen LogP contribution in [0.1, 0.15) is 11.4 Å². The number of para-hydroxylation sites is 2. The Morgan fingerprint density at radius 1 is 1.18 bits per heavy atom. The number of guanidine groups is 1. The normalized spacial score (nSPS) is 11.8. The first-order chi connectivity index (χ1) is 10.6. The van der Waals surface area contributed by atoms with Gasteiger partial charge in [0.25, 0.3) is 0 Å². The van der Waals surface area contributed by atoms with Gasteiger partial charge in [0, 0.05) is 12.7 Å². The van der Waals surface area contributed by atoms with Crippen LogP contribution in [0.3, 0.4) is 0 Å². The number of nitrogens with one attached hydrogen (secondary N) is 1. The molecule has 0 saturated carbocycles. The number of imidazole rings is 1. The van der Waals surface area contributed by atoms with Crippen molar-refractivity contribution in [2.75, 3.05) is 5.32 Å². The number of nitrogens with two attached hydrogens (primary N) is 1. The largest absolute Gasteiger partial charge is 0.370 e. The number of anilines is 1. The van der Waals surface area contributed by atoms with E-state index in [1.54, 1.807) is 0 Å². The minimum Gasteiger partial charge on any atom is -0.370 e. The van der Waals surface area contributed by atoms with Gasteiger partial charge in [-0.25, -0.2) is 9.98 Å². The Balaban J connectivity index is 1.74. The van der Waals surface area contributed by atoms with Crippen molar-refractivity contribution in [1.29, 1.82) is 0 Å². The molecule has 1 aromatic heterocycles. The molecule has 0 aliphatic carbocycles. The number of rotatable bonds is 3. The second kappa shape index (κ2) is 5.89. The second-order valence-corrected chi connectivity index (χ2v) is 5.27. The van der Waals surface area contributed by atoms with Crippen LogP contribution >= 0.6 is 0 Å². The molecule has 112 valence electrons. The van der Waals surface area contributed by atoms with Gasteiger partial charge in [-0.2, -0.15) is 0 Å². The Morgan fingerprint density at radius 2 is 1.91 bits per heavy atom. The van der Waals surface area contributed by atoms with Gasteiger partial charge in [0.2, 0.25) is 0 Å². The van der Waals surface area contributed by atoms with E-state index >= 15 is 0 Å². The van der Waals surface area contributed by atoms with Crippen LogP contribution in [0.4, 0.5) is 5.69 Å². The van der Waals surface area contributed by atoms with Crippen molar-refractivity contribution in [3.63, 3.8) is 0 Å².